The fourth-order valence-corrected chi connectivity index (χ4v) is 2.83. The Bertz CT molecular complexity index is 981. The van der Waals surface area contributed by atoms with E-state index < -0.39 is 11.7 Å². The van der Waals surface area contributed by atoms with Crippen LogP contribution in [0.5, 0.6) is 0 Å². The number of nitrogens with zero attached hydrogens (tertiary/aromatic N) is 2. The van der Waals surface area contributed by atoms with Gasteiger partial charge in [-0.1, -0.05) is 36.4 Å². The summed E-state index contributed by atoms with van der Waals surface area (Å²) in [6.07, 6.45) is -2.71. The van der Waals surface area contributed by atoms with Crippen LogP contribution < -0.4 is 10.2 Å². The van der Waals surface area contributed by atoms with Gasteiger partial charge in [0.25, 0.3) is 5.91 Å². The number of halogens is 3. The molecule has 0 aliphatic carbocycles. The molecule has 1 N–H and O–H groups in total. The monoisotopic (exact) mass is 399 g/mol. The van der Waals surface area contributed by atoms with E-state index in [4.69, 9.17) is 0 Å². The summed E-state index contributed by atoms with van der Waals surface area (Å²) in [6.45, 7) is 0.293. The van der Waals surface area contributed by atoms with E-state index in [-0.39, 0.29) is 5.91 Å². The van der Waals surface area contributed by atoms with Crippen LogP contribution >= 0.6 is 0 Å². The van der Waals surface area contributed by atoms with Gasteiger partial charge in [-0.3, -0.25) is 4.79 Å². The van der Waals surface area contributed by atoms with Crippen LogP contribution in [0.1, 0.15) is 21.5 Å². The molecule has 0 aliphatic heterocycles. The SMILES string of the molecule is CN(C)c1ccc(CNC(=O)c2ccccc2-c2ccc(C(F)(F)F)cc2)cn1. The first-order valence-corrected chi connectivity index (χ1v) is 8.93. The molecule has 0 saturated heterocycles. The van der Waals surface area contributed by atoms with E-state index in [1.54, 1.807) is 30.5 Å². The first-order chi connectivity index (χ1) is 13.8. The molecule has 4 nitrogen and oxygen atoms in total. The minimum absolute atomic E-state index is 0.293. The summed E-state index contributed by atoms with van der Waals surface area (Å²) in [5.41, 5.74) is 1.62. The number of alkyl halides is 3. The van der Waals surface area contributed by atoms with E-state index >= 15 is 0 Å². The molecule has 3 aromatic rings. The van der Waals surface area contributed by atoms with Crippen molar-refractivity contribution in [2.45, 2.75) is 12.7 Å². The van der Waals surface area contributed by atoms with Gasteiger partial charge in [-0.15, -0.1) is 0 Å². The highest BCUT2D eigenvalue weighted by Crippen LogP contribution is 2.31. The predicted octanol–water partition coefficient (Wildman–Crippen LogP) is 4.76. The molecule has 2 aromatic carbocycles. The van der Waals surface area contributed by atoms with E-state index in [9.17, 15) is 18.0 Å². The van der Waals surface area contributed by atoms with Crippen LogP contribution in [-0.2, 0) is 12.7 Å². The van der Waals surface area contributed by atoms with Gasteiger partial charge in [0.1, 0.15) is 5.82 Å². The molecule has 1 heterocycles. The molecular weight excluding hydrogens is 379 g/mol. The Morgan fingerprint density at radius 3 is 2.28 bits per heavy atom. The second-order valence-corrected chi connectivity index (χ2v) is 6.72. The number of rotatable bonds is 5. The van der Waals surface area contributed by atoms with Gasteiger partial charge in [0.15, 0.2) is 0 Å². The lowest BCUT2D eigenvalue weighted by Crippen LogP contribution is -2.23. The van der Waals surface area contributed by atoms with Crippen LogP contribution in [0.2, 0.25) is 0 Å². The Morgan fingerprint density at radius 1 is 1.00 bits per heavy atom. The van der Waals surface area contributed by atoms with Crippen molar-refractivity contribution >= 4 is 11.7 Å². The Morgan fingerprint density at radius 2 is 1.69 bits per heavy atom. The molecule has 29 heavy (non-hydrogen) atoms. The average molecular weight is 399 g/mol. The van der Waals surface area contributed by atoms with Crippen molar-refractivity contribution in [1.82, 2.24) is 10.3 Å². The van der Waals surface area contributed by atoms with Crippen LogP contribution in [0.25, 0.3) is 11.1 Å². The van der Waals surface area contributed by atoms with Crippen molar-refractivity contribution in [2.24, 2.45) is 0 Å². The van der Waals surface area contributed by atoms with Gasteiger partial charge in [0.2, 0.25) is 0 Å². The lowest BCUT2D eigenvalue weighted by molar-refractivity contribution is -0.137. The molecule has 0 spiro atoms. The number of pyridine rings is 1. The van der Waals surface area contributed by atoms with Gasteiger partial charge in [0.05, 0.1) is 5.56 Å². The minimum atomic E-state index is -4.40. The zero-order valence-corrected chi connectivity index (χ0v) is 16.0. The number of amides is 1. The molecule has 1 aromatic heterocycles. The molecule has 0 unspecified atom stereocenters. The third-order valence-corrected chi connectivity index (χ3v) is 4.42. The Kier molecular flexibility index (Phi) is 5.87. The highest BCUT2D eigenvalue weighted by Gasteiger charge is 2.30. The molecule has 0 atom stereocenters. The van der Waals surface area contributed by atoms with Gasteiger partial charge in [-0.05, 0) is 41.0 Å². The number of carbonyl (C=O) groups excluding carboxylic acids is 1. The lowest BCUT2D eigenvalue weighted by atomic mass is 9.98. The molecule has 0 saturated carbocycles. The number of hydrogen-bond acceptors (Lipinski definition) is 3. The Balaban J connectivity index is 1.76. The van der Waals surface area contributed by atoms with E-state index in [0.29, 0.717) is 23.2 Å². The summed E-state index contributed by atoms with van der Waals surface area (Å²) in [5, 5.41) is 2.84. The van der Waals surface area contributed by atoms with Gasteiger partial charge in [-0.2, -0.15) is 13.2 Å². The van der Waals surface area contributed by atoms with Gasteiger partial charge in [0, 0.05) is 32.4 Å². The number of carbonyl (C=O) groups is 1. The zero-order chi connectivity index (χ0) is 21.0. The van der Waals surface area contributed by atoms with Crippen molar-refractivity contribution in [3.63, 3.8) is 0 Å². The lowest BCUT2D eigenvalue weighted by Gasteiger charge is -2.13. The van der Waals surface area contributed by atoms with Crippen molar-refractivity contribution in [3.05, 3.63) is 83.6 Å². The van der Waals surface area contributed by atoms with Crippen molar-refractivity contribution in [3.8, 4) is 11.1 Å². The van der Waals surface area contributed by atoms with Crippen LogP contribution in [0.15, 0.2) is 66.9 Å². The number of aromatic nitrogens is 1. The van der Waals surface area contributed by atoms with E-state index in [1.807, 2.05) is 31.1 Å². The molecule has 7 heteroatoms. The topological polar surface area (TPSA) is 45.2 Å². The Labute approximate surface area is 167 Å². The largest absolute Gasteiger partial charge is 0.416 e. The highest BCUT2D eigenvalue weighted by molar-refractivity contribution is 6.00. The maximum Gasteiger partial charge on any atom is 0.416 e. The third kappa shape index (κ3) is 4.93. The minimum Gasteiger partial charge on any atom is -0.363 e. The van der Waals surface area contributed by atoms with Crippen molar-refractivity contribution in [2.75, 3.05) is 19.0 Å². The maximum atomic E-state index is 12.8. The maximum absolute atomic E-state index is 12.8. The molecular formula is C22H20F3N3O. The predicted molar refractivity (Wildman–Crippen MR) is 107 cm³/mol. The molecule has 0 fully saturated rings. The van der Waals surface area contributed by atoms with E-state index in [1.165, 1.54) is 12.1 Å². The molecule has 0 aliphatic rings. The molecule has 1 amide bonds. The third-order valence-electron chi connectivity index (χ3n) is 4.42. The smallest absolute Gasteiger partial charge is 0.363 e. The highest BCUT2D eigenvalue weighted by atomic mass is 19.4. The molecule has 150 valence electrons. The van der Waals surface area contributed by atoms with Crippen LogP contribution in [-0.4, -0.2) is 25.0 Å². The normalized spacial score (nSPS) is 11.2. The fraction of sp³-hybridized carbons (Fsp3) is 0.182. The van der Waals surface area contributed by atoms with Crippen molar-refractivity contribution < 1.29 is 18.0 Å². The van der Waals surface area contributed by atoms with Gasteiger partial charge in [-0.25, -0.2) is 4.98 Å². The van der Waals surface area contributed by atoms with Crippen LogP contribution in [0.3, 0.4) is 0 Å². The first kappa shape index (κ1) is 20.4. The summed E-state index contributed by atoms with van der Waals surface area (Å²) >= 11 is 0. The molecule has 0 radical (unpaired) electrons. The summed E-state index contributed by atoms with van der Waals surface area (Å²) in [5.74, 6) is 0.505. The van der Waals surface area contributed by atoms with Crippen LogP contribution in [0, 0.1) is 0 Å². The zero-order valence-electron chi connectivity index (χ0n) is 16.0. The van der Waals surface area contributed by atoms with Gasteiger partial charge < -0.3 is 10.2 Å². The van der Waals surface area contributed by atoms with Gasteiger partial charge >= 0.3 is 6.18 Å². The quantitative estimate of drug-likeness (QED) is 0.673. The van der Waals surface area contributed by atoms with E-state index in [2.05, 4.69) is 10.3 Å². The Hall–Kier alpha value is -3.35. The number of nitrogens with one attached hydrogen (secondary N) is 1. The average Bonchev–Trinajstić information content (AvgIpc) is 2.72. The second-order valence-electron chi connectivity index (χ2n) is 6.72. The van der Waals surface area contributed by atoms with Crippen LogP contribution in [0.4, 0.5) is 19.0 Å². The number of anilines is 1. The number of hydrogen-bond donors (Lipinski definition) is 1. The fourth-order valence-electron chi connectivity index (χ4n) is 2.83. The summed E-state index contributed by atoms with van der Waals surface area (Å²) in [7, 11) is 3.78. The van der Waals surface area contributed by atoms with Crippen molar-refractivity contribution in [1.29, 1.82) is 0 Å². The molecule has 0 bridgehead atoms. The first-order valence-electron chi connectivity index (χ1n) is 8.93. The summed E-state index contributed by atoms with van der Waals surface area (Å²) < 4.78 is 38.4. The molecule has 3 rings (SSSR count). The second kappa shape index (κ2) is 8.34. The van der Waals surface area contributed by atoms with E-state index in [0.717, 1.165) is 23.5 Å². The summed E-state index contributed by atoms with van der Waals surface area (Å²) in [6, 6.07) is 15.3. The number of benzene rings is 2. The summed E-state index contributed by atoms with van der Waals surface area (Å²) in [4.78, 5) is 18.9. The standard InChI is InChI=1S/C22H20F3N3O/c1-28(2)20-12-7-15(13-26-20)14-27-21(29)19-6-4-3-5-18(19)16-8-10-17(11-9-16)22(23,24)25/h3-13H,14H2,1-2H3,(H,27,29).